The number of fused-ring (bicyclic) bond motifs is 2. The number of H-pyrrole nitrogens is 2. The minimum absolute atomic E-state index is 0.111. The second-order valence-corrected chi connectivity index (χ2v) is 7.67. The molecule has 0 saturated carbocycles. The van der Waals surface area contributed by atoms with Crippen LogP contribution >= 0.6 is 0 Å². The average Bonchev–Trinajstić information content (AvgIpc) is 3.45. The molecule has 162 valence electrons. The molecule has 3 heterocycles. The molecule has 9 nitrogen and oxygen atoms in total. The van der Waals surface area contributed by atoms with E-state index in [0.717, 1.165) is 16.8 Å². The van der Waals surface area contributed by atoms with Gasteiger partial charge < -0.3 is 10.2 Å². The minimum atomic E-state index is -0.285. The summed E-state index contributed by atoms with van der Waals surface area (Å²) in [7, 11) is 0. The Morgan fingerprint density at radius 2 is 1.88 bits per heavy atom. The first-order valence-electron chi connectivity index (χ1n) is 10.3. The summed E-state index contributed by atoms with van der Waals surface area (Å²) in [4.78, 5) is 27.3. The fourth-order valence-electron chi connectivity index (χ4n) is 3.89. The maximum atomic E-state index is 13.0. The number of nitrogens with one attached hydrogen (secondary N) is 3. The molecule has 5 rings (SSSR count). The van der Waals surface area contributed by atoms with Gasteiger partial charge in [-0.05, 0) is 48.7 Å². The van der Waals surface area contributed by atoms with Crippen molar-refractivity contribution in [3.63, 3.8) is 0 Å². The topological polar surface area (TPSA) is 120 Å². The van der Waals surface area contributed by atoms with Crippen molar-refractivity contribution in [1.82, 2.24) is 35.8 Å². The van der Waals surface area contributed by atoms with Crippen LogP contribution in [0.2, 0.25) is 0 Å². The summed E-state index contributed by atoms with van der Waals surface area (Å²) < 4.78 is 13.0. The molecule has 2 aromatic heterocycles. The van der Waals surface area contributed by atoms with Crippen molar-refractivity contribution in [1.29, 1.82) is 0 Å². The molecule has 2 amide bonds. The Labute approximate surface area is 182 Å². The Morgan fingerprint density at radius 3 is 2.72 bits per heavy atom. The largest absolute Gasteiger partial charge is 0.350 e. The summed E-state index contributed by atoms with van der Waals surface area (Å²) in [5.41, 5.74) is 4.76. The second kappa shape index (κ2) is 8.22. The van der Waals surface area contributed by atoms with E-state index in [-0.39, 0.29) is 17.6 Å². The molecule has 1 aliphatic heterocycles. The van der Waals surface area contributed by atoms with E-state index in [4.69, 9.17) is 0 Å². The normalized spacial score (nSPS) is 13.2. The van der Waals surface area contributed by atoms with Gasteiger partial charge in [0.05, 0.1) is 12.2 Å². The van der Waals surface area contributed by atoms with Gasteiger partial charge in [0, 0.05) is 24.2 Å². The molecule has 32 heavy (non-hydrogen) atoms. The maximum Gasteiger partial charge on any atom is 0.272 e. The van der Waals surface area contributed by atoms with Crippen molar-refractivity contribution in [2.45, 2.75) is 19.4 Å². The molecule has 10 heteroatoms. The van der Waals surface area contributed by atoms with Crippen molar-refractivity contribution in [2.75, 3.05) is 13.1 Å². The van der Waals surface area contributed by atoms with Crippen molar-refractivity contribution in [3.05, 3.63) is 76.4 Å². The summed E-state index contributed by atoms with van der Waals surface area (Å²) in [5, 5.41) is 20.5. The lowest BCUT2D eigenvalue weighted by atomic mass is 10.0. The van der Waals surface area contributed by atoms with E-state index >= 15 is 0 Å². The maximum absolute atomic E-state index is 13.0. The molecule has 3 N–H and O–H groups in total. The van der Waals surface area contributed by atoms with E-state index in [1.165, 1.54) is 12.1 Å². The summed E-state index contributed by atoms with van der Waals surface area (Å²) in [5.74, 6) is -0.659. The molecule has 0 aliphatic carbocycles. The zero-order valence-corrected chi connectivity index (χ0v) is 17.1. The van der Waals surface area contributed by atoms with Gasteiger partial charge in [-0.3, -0.25) is 14.7 Å². The Morgan fingerprint density at radius 1 is 1.06 bits per heavy atom. The van der Waals surface area contributed by atoms with E-state index in [2.05, 4.69) is 30.9 Å². The van der Waals surface area contributed by atoms with Crippen LogP contribution in [0.1, 0.15) is 37.7 Å². The lowest BCUT2D eigenvalue weighted by Crippen LogP contribution is -2.36. The number of carbonyl (C=O) groups excluding carboxylic acids is 2. The van der Waals surface area contributed by atoms with Crippen LogP contribution in [0, 0.1) is 5.82 Å². The van der Waals surface area contributed by atoms with Crippen molar-refractivity contribution in [3.8, 4) is 0 Å². The smallest absolute Gasteiger partial charge is 0.272 e. The number of halogens is 1. The van der Waals surface area contributed by atoms with E-state index in [1.807, 2.05) is 0 Å². The predicted octanol–water partition coefficient (Wildman–Crippen LogP) is 1.99. The number of hydrogen-bond acceptors (Lipinski definition) is 5. The summed E-state index contributed by atoms with van der Waals surface area (Å²) in [6.45, 7) is 1.25. The average molecular weight is 433 g/mol. The van der Waals surface area contributed by atoms with E-state index in [9.17, 15) is 14.0 Å². The highest BCUT2D eigenvalue weighted by molar-refractivity contribution is 5.97. The Balaban J connectivity index is 1.22. The van der Waals surface area contributed by atoms with Crippen molar-refractivity contribution in [2.24, 2.45) is 0 Å². The van der Waals surface area contributed by atoms with Crippen molar-refractivity contribution >= 4 is 22.8 Å². The molecule has 1 aliphatic rings. The fourth-order valence-corrected chi connectivity index (χ4v) is 3.89. The van der Waals surface area contributed by atoms with Gasteiger partial charge in [0.1, 0.15) is 16.9 Å². The van der Waals surface area contributed by atoms with Gasteiger partial charge in [-0.2, -0.15) is 20.5 Å². The molecule has 0 atom stereocenters. The molecule has 0 unspecified atom stereocenters. The van der Waals surface area contributed by atoms with Crippen molar-refractivity contribution < 1.29 is 14.0 Å². The first-order chi connectivity index (χ1) is 15.6. The standard InChI is InChI=1S/C22H20FN7O2/c23-15-4-1-13(2-5-15)7-9-24-21(31)20-16-8-10-30(12-19(16)25-28-20)22(32)14-3-6-17-18(11-14)27-29-26-17/h1-6,11H,7-10,12H2,(H,24,31)(H,25,28)(H,26,27,29). The second-order valence-electron chi connectivity index (χ2n) is 7.67. The van der Waals surface area contributed by atoms with E-state index in [1.54, 1.807) is 35.2 Å². The lowest BCUT2D eigenvalue weighted by molar-refractivity contribution is 0.0732. The van der Waals surface area contributed by atoms with Crippen LogP contribution in [0.15, 0.2) is 42.5 Å². The summed E-state index contributed by atoms with van der Waals surface area (Å²) in [6.07, 6.45) is 1.13. The van der Waals surface area contributed by atoms with Gasteiger partial charge in [-0.1, -0.05) is 12.1 Å². The number of carbonyl (C=O) groups is 2. The number of aromatic nitrogens is 5. The Hall–Kier alpha value is -4.08. The third-order valence-electron chi connectivity index (χ3n) is 5.61. The number of aromatic amines is 2. The monoisotopic (exact) mass is 433 g/mol. The highest BCUT2D eigenvalue weighted by Crippen LogP contribution is 2.22. The quantitative estimate of drug-likeness (QED) is 0.445. The lowest BCUT2D eigenvalue weighted by Gasteiger charge is -2.27. The number of hydrogen-bond donors (Lipinski definition) is 3. The van der Waals surface area contributed by atoms with Gasteiger partial charge in [-0.15, -0.1) is 0 Å². The van der Waals surface area contributed by atoms with Gasteiger partial charge in [0.15, 0.2) is 5.69 Å². The van der Waals surface area contributed by atoms with Crippen LogP contribution < -0.4 is 5.32 Å². The number of benzene rings is 2. The molecule has 0 saturated heterocycles. The van der Waals surface area contributed by atoms with Gasteiger partial charge in [-0.25, -0.2) is 4.39 Å². The van der Waals surface area contributed by atoms with Gasteiger partial charge >= 0.3 is 0 Å². The molecular weight excluding hydrogens is 413 g/mol. The molecule has 0 bridgehead atoms. The molecule has 0 fully saturated rings. The SMILES string of the molecule is O=C(NCCc1ccc(F)cc1)c1n[nH]c2c1CCN(C(=O)c1ccc3n[nH]nc3c1)C2. The van der Waals surface area contributed by atoms with Crippen LogP contribution in [-0.2, 0) is 19.4 Å². The Bertz CT molecular complexity index is 1300. The van der Waals surface area contributed by atoms with Crippen LogP contribution in [-0.4, -0.2) is 55.4 Å². The third-order valence-corrected chi connectivity index (χ3v) is 5.61. The van der Waals surface area contributed by atoms with Gasteiger partial charge in [0.2, 0.25) is 0 Å². The third kappa shape index (κ3) is 3.82. The fraction of sp³-hybridized carbons (Fsp3) is 0.227. The molecule has 0 spiro atoms. The number of rotatable bonds is 5. The summed E-state index contributed by atoms with van der Waals surface area (Å²) in [6, 6.07) is 11.4. The number of amides is 2. The molecule has 4 aromatic rings. The first kappa shape index (κ1) is 19.9. The molecular formula is C22H20FN7O2. The van der Waals surface area contributed by atoms with Crippen LogP contribution in [0.5, 0.6) is 0 Å². The highest BCUT2D eigenvalue weighted by atomic mass is 19.1. The zero-order valence-electron chi connectivity index (χ0n) is 17.1. The number of nitrogens with zero attached hydrogens (tertiary/aromatic N) is 4. The van der Waals surface area contributed by atoms with E-state index in [0.29, 0.717) is 54.8 Å². The Kier molecular flexibility index (Phi) is 5.10. The highest BCUT2D eigenvalue weighted by Gasteiger charge is 2.28. The van der Waals surface area contributed by atoms with Crippen LogP contribution in [0.25, 0.3) is 11.0 Å². The van der Waals surface area contributed by atoms with E-state index < -0.39 is 0 Å². The summed E-state index contributed by atoms with van der Waals surface area (Å²) >= 11 is 0. The first-order valence-corrected chi connectivity index (χ1v) is 10.3. The predicted molar refractivity (Wildman–Crippen MR) is 113 cm³/mol. The minimum Gasteiger partial charge on any atom is -0.350 e. The van der Waals surface area contributed by atoms with Gasteiger partial charge in [0.25, 0.3) is 11.8 Å². The van der Waals surface area contributed by atoms with Crippen LogP contribution in [0.4, 0.5) is 4.39 Å². The zero-order chi connectivity index (χ0) is 22.1. The van der Waals surface area contributed by atoms with Crippen LogP contribution in [0.3, 0.4) is 0 Å². The molecule has 2 aromatic carbocycles. The molecule has 0 radical (unpaired) electrons.